The highest BCUT2D eigenvalue weighted by molar-refractivity contribution is 5.94. The number of amides is 1. The fourth-order valence-electron chi connectivity index (χ4n) is 1.77. The highest BCUT2D eigenvalue weighted by atomic mass is 19.1. The summed E-state index contributed by atoms with van der Waals surface area (Å²) < 4.78 is 23.5. The van der Waals surface area contributed by atoms with E-state index in [1.54, 1.807) is 6.07 Å². The monoisotopic (exact) mass is 321 g/mol. The summed E-state index contributed by atoms with van der Waals surface area (Å²) >= 11 is 0. The molecule has 1 heterocycles. The minimum absolute atomic E-state index is 0.0262. The third kappa shape index (κ3) is 4.09. The summed E-state index contributed by atoms with van der Waals surface area (Å²) in [6.45, 7) is 1.47. The van der Waals surface area contributed by atoms with Crippen LogP contribution in [0.2, 0.25) is 0 Å². The fourth-order valence-corrected chi connectivity index (χ4v) is 1.77. The molecule has 2 aromatic rings. The van der Waals surface area contributed by atoms with Gasteiger partial charge in [-0.25, -0.2) is 9.18 Å². The van der Waals surface area contributed by atoms with Gasteiger partial charge in [0.05, 0.1) is 0 Å². The molecule has 0 aliphatic heterocycles. The number of furan rings is 1. The number of carbonyl (C=O) groups excluding carboxylic acids is 1. The van der Waals surface area contributed by atoms with Crippen molar-refractivity contribution in [3.05, 3.63) is 53.7 Å². The first kappa shape index (κ1) is 16.5. The molecule has 1 amide bonds. The zero-order valence-electron chi connectivity index (χ0n) is 12.7. The summed E-state index contributed by atoms with van der Waals surface area (Å²) in [6, 6.07) is 7.56. The number of aliphatic carboxylic acids is 1. The van der Waals surface area contributed by atoms with Crippen molar-refractivity contribution in [2.45, 2.75) is 19.6 Å². The van der Waals surface area contributed by atoms with Gasteiger partial charge < -0.3 is 19.2 Å². The SMILES string of the molecule is CC(C(=O)O)N(C)C(=O)c1ccc(COc2ccc(F)cc2)o1. The molecule has 1 N–H and O–H groups in total. The van der Waals surface area contributed by atoms with Crippen LogP contribution in [0, 0.1) is 5.82 Å². The molecule has 122 valence electrons. The highest BCUT2D eigenvalue weighted by Gasteiger charge is 2.24. The Bertz CT molecular complexity index is 695. The van der Waals surface area contributed by atoms with Crippen LogP contribution < -0.4 is 4.74 Å². The molecule has 1 atom stereocenters. The quantitative estimate of drug-likeness (QED) is 0.884. The van der Waals surface area contributed by atoms with Crippen LogP contribution in [0.1, 0.15) is 23.2 Å². The zero-order chi connectivity index (χ0) is 17.0. The molecule has 0 aliphatic carbocycles. The van der Waals surface area contributed by atoms with E-state index in [9.17, 15) is 14.0 Å². The van der Waals surface area contributed by atoms with Crippen LogP contribution in [-0.4, -0.2) is 35.0 Å². The van der Waals surface area contributed by atoms with Crippen LogP contribution in [0.15, 0.2) is 40.8 Å². The topological polar surface area (TPSA) is 80.0 Å². The largest absolute Gasteiger partial charge is 0.486 e. The molecule has 0 radical (unpaired) electrons. The van der Waals surface area contributed by atoms with Crippen LogP contribution in [0.25, 0.3) is 0 Å². The van der Waals surface area contributed by atoms with E-state index in [2.05, 4.69) is 0 Å². The van der Waals surface area contributed by atoms with Gasteiger partial charge in [-0.3, -0.25) is 4.79 Å². The number of carbonyl (C=O) groups is 2. The average Bonchev–Trinajstić information content (AvgIpc) is 3.01. The molecular formula is C16H16FNO5. The average molecular weight is 321 g/mol. The molecule has 6 nitrogen and oxygen atoms in total. The van der Waals surface area contributed by atoms with Crippen molar-refractivity contribution in [1.82, 2.24) is 4.90 Å². The summed E-state index contributed by atoms with van der Waals surface area (Å²) in [5.41, 5.74) is 0. The number of carboxylic acids is 1. The summed E-state index contributed by atoms with van der Waals surface area (Å²) in [5.74, 6) is -1.11. The molecule has 1 aromatic carbocycles. The maximum atomic E-state index is 12.8. The van der Waals surface area contributed by atoms with E-state index in [4.69, 9.17) is 14.3 Å². The molecule has 0 saturated heterocycles. The predicted molar refractivity (Wildman–Crippen MR) is 78.6 cm³/mol. The maximum absolute atomic E-state index is 12.8. The van der Waals surface area contributed by atoms with Crippen LogP contribution in [0.5, 0.6) is 5.75 Å². The number of carboxylic acid groups (broad SMARTS) is 1. The Labute approximate surface area is 132 Å². The van der Waals surface area contributed by atoms with Gasteiger partial charge in [-0.05, 0) is 43.3 Å². The van der Waals surface area contributed by atoms with E-state index in [0.717, 1.165) is 4.90 Å². The molecule has 0 bridgehead atoms. The highest BCUT2D eigenvalue weighted by Crippen LogP contribution is 2.16. The van der Waals surface area contributed by atoms with Gasteiger partial charge >= 0.3 is 5.97 Å². The van der Waals surface area contributed by atoms with Gasteiger partial charge in [0, 0.05) is 7.05 Å². The molecule has 1 unspecified atom stereocenters. The lowest BCUT2D eigenvalue weighted by Crippen LogP contribution is -2.40. The van der Waals surface area contributed by atoms with Gasteiger partial charge in [0.15, 0.2) is 5.76 Å². The number of likely N-dealkylation sites (N-methyl/N-ethyl adjacent to an activating group) is 1. The predicted octanol–water partition coefficient (Wildman–Crippen LogP) is 2.54. The Morgan fingerprint density at radius 1 is 1.26 bits per heavy atom. The lowest BCUT2D eigenvalue weighted by atomic mass is 10.3. The standard InChI is InChI=1S/C16H16FNO5/c1-10(16(20)21)18(2)15(19)14-8-7-13(23-14)9-22-12-5-3-11(17)4-6-12/h3-8,10H,9H2,1-2H3,(H,20,21). The molecule has 0 saturated carbocycles. The van der Waals surface area contributed by atoms with E-state index in [0.29, 0.717) is 11.5 Å². The van der Waals surface area contributed by atoms with Gasteiger partial charge in [-0.1, -0.05) is 0 Å². The van der Waals surface area contributed by atoms with Gasteiger partial charge in [0.1, 0.15) is 30.0 Å². The normalized spacial score (nSPS) is 11.8. The molecule has 23 heavy (non-hydrogen) atoms. The van der Waals surface area contributed by atoms with Gasteiger partial charge in [-0.2, -0.15) is 0 Å². The van der Waals surface area contributed by atoms with Gasteiger partial charge in [-0.15, -0.1) is 0 Å². The molecule has 7 heteroatoms. The van der Waals surface area contributed by atoms with Crippen molar-refractivity contribution >= 4 is 11.9 Å². The minimum Gasteiger partial charge on any atom is -0.486 e. The van der Waals surface area contributed by atoms with Gasteiger partial charge in [0.2, 0.25) is 0 Å². The molecule has 0 aliphatic rings. The molecule has 0 fully saturated rings. The van der Waals surface area contributed by atoms with Crippen LogP contribution in [-0.2, 0) is 11.4 Å². The Hall–Kier alpha value is -2.83. The van der Waals surface area contributed by atoms with Crippen molar-refractivity contribution in [2.24, 2.45) is 0 Å². The Morgan fingerprint density at radius 2 is 1.91 bits per heavy atom. The maximum Gasteiger partial charge on any atom is 0.326 e. The third-order valence-electron chi connectivity index (χ3n) is 3.33. The van der Waals surface area contributed by atoms with Crippen LogP contribution in [0.3, 0.4) is 0 Å². The van der Waals surface area contributed by atoms with Gasteiger partial charge in [0.25, 0.3) is 5.91 Å². The van der Waals surface area contributed by atoms with E-state index >= 15 is 0 Å². The number of rotatable bonds is 6. The molecule has 1 aromatic heterocycles. The van der Waals surface area contributed by atoms with E-state index < -0.39 is 17.9 Å². The summed E-state index contributed by atoms with van der Waals surface area (Å²) in [4.78, 5) is 24.1. The van der Waals surface area contributed by atoms with E-state index in [1.807, 2.05) is 0 Å². The fraction of sp³-hybridized carbons (Fsp3) is 0.250. The molecule has 0 spiro atoms. The lowest BCUT2D eigenvalue weighted by Gasteiger charge is -2.19. The third-order valence-corrected chi connectivity index (χ3v) is 3.33. The summed E-state index contributed by atoms with van der Waals surface area (Å²) in [7, 11) is 1.39. The first-order chi connectivity index (χ1) is 10.9. The van der Waals surface area contributed by atoms with Crippen molar-refractivity contribution in [1.29, 1.82) is 0 Å². The van der Waals surface area contributed by atoms with E-state index in [1.165, 1.54) is 44.3 Å². The van der Waals surface area contributed by atoms with E-state index in [-0.39, 0.29) is 18.2 Å². The number of benzene rings is 1. The smallest absolute Gasteiger partial charge is 0.326 e. The summed E-state index contributed by atoms with van der Waals surface area (Å²) in [5, 5.41) is 8.91. The minimum atomic E-state index is -1.10. The van der Waals surface area contributed by atoms with Crippen molar-refractivity contribution in [3.63, 3.8) is 0 Å². The lowest BCUT2D eigenvalue weighted by molar-refractivity contribution is -0.141. The number of nitrogens with zero attached hydrogens (tertiary/aromatic N) is 1. The molecular weight excluding hydrogens is 305 g/mol. The second-order valence-corrected chi connectivity index (χ2v) is 4.94. The number of hydrogen-bond donors (Lipinski definition) is 1. The number of ether oxygens (including phenoxy) is 1. The van der Waals surface area contributed by atoms with Crippen LogP contribution >= 0.6 is 0 Å². The van der Waals surface area contributed by atoms with Crippen molar-refractivity contribution < 1.29 is 28.2 Å². The number of halogens is 1. The second-order valence-electron chi connectivity index (χ2n) is 4.94. The first-order valence-electron chi connectivity index (χ1n) is 6.85. The Kier molecular flexibility index (Phi) is 5.00. The Morgan fingerprint density at radius 3 is 2.52 bits per heavy atom. The summed E-state index contributed by atoms with van der Waals surface area (Å²) in [6.07, 6.45) is 0. The second kappa shape index (κ2) is 6.95. The Balaban J connectivity index is 1.98. The van der Waals surface area contributed by atoms with Crippen molar-refractivity contribution in [2.75, 3.05) is 7.05 Å². The van der Waals surface area contributed by atoms with Crippen molar-refractivity contribution in [3.8, 4) is 5.75 Å². The van der Waals surface area contributed by atoms with Crippen LogP contribution in [0.4, 0.5) is 4.39 Å². The number of hydrogen-bond acceptors (Lipinski definition) is 4. The molecule has 2 rings (SSSR count). The first-order valence-corrected chi connectivity index (χ1v) is 6.85. The zero-order valence-corrected chi connectivity index (χ0v) is 12.7.